The Morgan fingerprint density at radius 1 is 1.22 bits per heavy atom. The summed E-state index contributed by atoms with van der Waals surface area (Å²) in [6, 6.07) is -0.108. The molecule has 3 aliphatic rings. The van der Waals surface area contributed by atoms with Crippen molar-refractivity contribution < 1.29 is 19.2 Å². The maximum absolute atomic E-state index is 12.1. The molecule has 1 N–H and O–H groups in total. The van der Waals surface area contributed by atoms with Gasteiger partial charge in [0.05, 0.1) is 6.04 Å². The van der Waals surface area contributed by atoms with Gasteiger partial charge in [0.15, 0.2) is 0 Å². The predicted octanol–water partition coefficient (Wildman–Crippen LogP) is 2.93. The summed E-state index contributed by atoms with van der Waals surface area (Å²) in [5.74, 6) is -0.161. The lowest BCUT2D eigenvalue weighted by atomic mass is 9.98. The number of rotatable bonds is 6. The molecule has 23 heavy (non-hydrogen) atoms. The van der Waals surface area contributed by atoms with E-state index in [4.69, 9.17) is 9.57 Å². The Hall–Kier alpha value is -1.56. The number of amides is 2. The summed E-state index contributed by atoms with van der Waals surface area (Å²) in [4.78, 5) is 29.2. The number of urea groups is 1. The third kappa shape index (κ3) is 5.86. The van der Waals surface area contributed by atoms with Crippen LogP contribution in [0.25, 0.3) is 0 Å². The average molecular weight is 324 g/mol. The van der Waals surface area contributed by atoms with Crippen LogP contribution in [-0.4, -0.2) is 41.4 Å². The summed E-state index contributed by atoms with van der Waals surface area (Å²) in [5, 5.41) is 4.33. The second-order valence-electron chi connectivity index (χ2n) is 7.13. The average Bonchev–Trinajstić information content (AvgIpc) is 2.49. The number of hydrogen-bond acceptors (Lipinski definition) is 4. The number of carbonyl (C=O) groups excluding carboxylic acids is 2. The number of nitrogens with one attached hydrogen (secondary N) is 1. The van der Waals surface area contributed by atoms with Crippen LogP contribution in [-0.2, 0) is 14.4 Å². The molecule has 0 radical (unpaired) electrons. The second-order valence-corrected chi connectivity index (χ2v) is 7.13. The molecule has 0 aromatic carbocycles. The van der Waals surface area contributed by atoms with Crippen molar-refractivity contribution in [1.29, 1.82) is 0 Å². The number of hydrogen-bond donors (Lipinski definition) is 1. The van der Waals surface area contributed by atoms with E-state index >= 15 is 0 Å². The van der Waals surface area contributed by atoms with Gasteiger partial charge < -0.3 is 10.1 Å². The van der Waals surface area contributed by atoms with Crippen LogP contribution in [0.5, 0.6) is 0 Å². The number of nitrogens with zero attached hydrogens (tertiary/aromatic N) is 1. The highest BCUT2D eigenvalue weighted by atomic mass is 16.7. The van der Waals surface area contributed by atoms with Gasteiger partial charge in [-0.25, -0.2) is 4.79 Å². The van der Waals surface area contributed by atoms with Gasteiger partial charge in [-0.3, -0.25) is 9.63 Å². The molecule has 0 saturated carbocycles. The van der Waals surface area contributed by atoms with Gasteiger partial charge >= 0.3 is 12.0 Å². The Balaban J connectivity index is 1.53. The predicted molar refractivity (Wildman–Crippen MR) is 86.6 cm³/mol. The van der Waals surface area contributed by atoms with Gasteiger partial charge in [0.1, 0.15) is 11.7 Å². The zero-order valence-electron chi connectivity index (χ0n) is 14.3. The lowest BCUT2D eigenvalue weighted by Gasteiger charge is -2.39. The normalized spacial score (nSPS) is 23.0. The van der Waals surface area contributed by atoms with Crippen molar-refractivity contribution in [3.05, 3.63) is 12.2 Å². The first kappa shape index (κ1) is 17.8. The molecular weight excluding hydrogens is 296 g/mol. The van der Waals surface area contributed by atoms with Gasteiger partial charge in [0, 0.05) is 13.0 Å². The molecule has 2 bridgehead atoms. The van der Waals surface area contributed by atoms with E-state index in [2.05, 4.69) is 5.32 Å². The molecule has 2 amide bonds. The van der Waals surface area contributed by atoms with Gasteiger partial charge in [-0.2, -0.15) is 5.06 Å². The molecule has 0 aromatic heterocycles. The second kappa shape index (κ2) is 7.81. The Morgan fingerprint density at radius 2 is 2.00 bits per heavy atom. The summed E-state index contributed by atoms with van der Waals surface area (Å²) < 4.78 is 5.25. The molecule has 1 saturated heterocycles. The zero-order valence-corrected chi connectivity index (χ0v) is 14.3. The fourth-order valence-electron chi connectivity index (χ4n) is 2.72. The molecule has 6 nitrogen and oxygen atoms in total. The van der Waals surface area contributed by atoms with Crippen molar-refractivity contribution in [1.82, 2.24) is 10.4 Å². The van der Waals surface area contributed by atoms with E-state index in [9.17, 15) is 9.59 Å². The van der Waals surface area contributed by atoms with E-state index in [1.165, 1.54) is 5.06 Å². The monoisotopic (exact) mass is 324 g/mol. The molecule has 0 aromatic rings. The molecule has 2 atom stereocenters. The third-order valence-corrected chi connectivity index (χ3v) is 3.80. The van der Waals surface area contributed by atoms with Crippen molar-refractivity contribution in [2.24, 2.45) is 0 Å². The summed E-state index contributed by atoms with van der Waals surface area (Å²) >= 11 is 0. The van der Waals surface area contributed by atoms with E-state index in [1.54, 1.807) is 0 Å². The van der Waals surface area contributed by atoms with Gasteiger partial charge in [-0.15, -0.1) is 0 Å². The smallest absolute Gasteiger partial charge is 0.341 e. The third-order valence-electron chi connectivity index (χ3n) is 3.80. The Morgan fingerprint density at radius 3 is 2.57 bits per heavy atom. The number of fused-ring (bicyclic) bond motifs is 2. The van der Waals surface area contributed by atoms with Crippen LogP contribution in [0.15, 0.2) is 12.2 Å². The first-order chi connectivity index (χ1) is 10.8. The first-order valence-electron chi connectivity index (χ1n) is 8.49. The van der Waals surface area contributed by atoms with Crippen molar-refractivity contribution >= 4 is 12.0 Å². The van der Waals surface area contributed by atoms with Crippen molar-refractivity contribution in [2.75, 3.05) is 6.54 Å². The highest BCUT2D eigenvalue weighted by Crippen LogP contribution is 2.27. The molecule has 0 spiro atoms. The van der Waals surface area contributed by atoms with E-state index in [0.717, 1.165) is 32.1 Å². The SMILES string of the molecule is CC(C)(C)OC(=O)CCCCCNC(=O)N1OC2C=CC1CC2. The number of ether oxygens (including phenoxy) is 1. The van der Waals surface area contributed by atoms with Gasteiger partial charge in [0.25, 0.3) is 0 Å². The Bertz CT molecular complexity index is 456. The van der Waals surface area contributed by atoms with Crippen molar-refractivity contribution in [3.63, 3.8) is 0 Å². The largest absolute Gasteiger partial charge is 0.460 e. The van der Waals surface area contributed by atoms with Crippen LogP contribution in [0.4, 0.5) is 4.79 Å². The topological polar surface area (TPSA) is 67.9 Å². The number of unbranched alkanes of at least 4 members (excludes halogenated alkanes) is 2. The van der Waals surface area contributed by atoms with Crippen LogP contribution < -0.4 is 5.32 Å². The van der Waals surface area contributed by atoms with Crippen LogP contribution in [0, 0.1) is 0 Å². The van der Waals surface area contributed by atoms with Gasteiger partial charge in [-0.05, 0) is 46.5 Å². The van der Waals surface area contributed by atoms with Crippen LogP contribution in [0.3, 0.4) is 0 Å². The molecule has 6 heteroatoms. The summed E-state index contributed by atoms with van der Waals surface area (Å²) in [6.45, 7) is 6.19. The number of esters is 1. The van der Waals surface area contributed by atoms with Gasteiger partial charge in [0.2, 0.25) is 0 Å². The van der Waals surface area contributed by atoms with E-state index in [-0.39, 0.29) is 24.1 Å². The lowest BCUT2D eigenvalue weighted by molar-refractivity contribution is -0.195. The maximum atomic E-state index is 12.1. The molecule has 2 heterocycles. The fraction of sp³-hybridized carbons (Fsp3) is 0.765. The quantitative estimate of drug-likeness (QED) is 0.463. The molecule has 2 unspecified atom stereocenters. The minimum absolute atomic E-state index is 0.0413. The molecule has 130 valence electrons. The first-order valence-corrected chi connectivity index (χ1v) is 8.49. The lowest BCUT2D eigenvalue weighted by Crippen LogP contribution is -2.52. The standard InChI is InChI=1S/C17H28N2O4/c1-17(2,3)22-15(20)7-5-4-6-12-18-16(21)19-13-8-10-14(23-19)11-9-13/h8,10,13-14H,4-7,9,11-12H2,1-3H3,(H,18,21). The van der Waals surface area contributed by atoms with Crippen LogP contribution in [0.2, 0.25) is 0 Å². The van der Waals surface area contributed by atoms with Gasteiger partial charge in [-0.1, -0.05) is 18.6 Å². The number of carbonyl (C=O) groups is 2. The highest BCUT2D eigenvalue weighted by molar-refractivity contribution is 5.74. The maximum Gasteiger partial charge on any atom is 0.341 e. The molecule has 1 aliphatic carbocycles. The number of hydroxylamine groups is 2. The Labute approximate surface area is 138 Å². The zero-order chi connectivity index (χ0) is 16.9. The highest BCUT2D eigenvalue weighted by Gasteiger charge is 2.34. The van der Waals surface area contributed by atoms with E-state index in [0.29, 0.717) is 13.0 Å². The minimum atomic E-state index is -0.423. The molecule has 1 fully saturated rings. The summed E-state index contributed by atoms with van der Waals surface area (Å²) in [6.07, 6.45) is 8.97. The van der Waals surface area contributed by atoms with E-state index < -0.39 is 5.60 Å². The Kier molecular flexibility index (Phi) is 6.04. The fourth-order valence-corrected chi connectivity index (χ4v) is 2.72. The van der Waals surface area contributed by atoms with E-state index in [1.807, 2.05) is 32.9 Å². The summed E-state index contributed by atoms with van der Waals surface area (Å²) in [5.41, 5.74) is -0.423. The van der Waals surface area contributed by atoms with Crippen molar-refractivity contribution in [2.45, 2.75) is 77.0 Å². The summed E-state index contributed by atoms with van der Waals surface area (Å²) in [7, 11) is 0. The van der Waals surface area contributed by atoms with Crippen LogP contribution >= 0.6 is 0 Å². The van der Waals surface area contributed by atoms with Crippen LogP contribution in [0.1, 0.15) is 59.3 Å². The molecule has 2 aliphatic heterocycles. The molecular formula is C17H28N2O4. The van der Waals surface area contributed by atoms with Crippen molar-refractivity contribution in [3.8, 4) is 0 Å². The minimum Gasteiger partial charge on any atom is -0.460 e. The molecule has 3 rings (SSSR count).